The summed E-state index contributed by atoms with van der Waals surface area (Å²) < 4.78 is 6.96. The van der Waals surface area contributed by atoms with Crippen LogP contribution in [0.25, 0.3) is 5.69 Å². The van der Waals surface area contributed by atoms with Crippen molar-refractivity contribution in [3.8, 4) is 17.2 Å². The lowest BCUT2D eigenvalue weighted by Gasteiger charge is -2.12. The quantitative estimate of drug-likeness (QED) is 0.903. The van der Waals surface area contributed by atoms with E-state index < -0.39 is 5.97 Å². The monoisotopic (exact) mass is 288 g/mol. The smallest absolute Gasteiger partial charge is 0.358 e. The topological polar surface area (TPSA) is 84.6 Å². The maximum atomic E-state index is 11.5. The number of carboxylic acid groups (broad SMARTS) is 1. The summed E-state index contributed by atoms with van der Waals surface area (Å²) in [5.74, 6) is -0.920. The molecule has 0 saturated heterocycles. The lowest BCUT2D eigenvalue weighted by atomic mass is 10.2. The second-order valence-corrected chi connectivity index (χ2v) is 5.09. The number of phenolic OH excluding ortho intramolecular Hbond substituents is 1. The SMILES string of the molecule is O=C(O)c1c(OC2CCCC2)cnn1-c1ccccc1O. The van der Waals surface area contributed by atoms with Crippen LogP contribution in [-0.2, 0) is 0 Å². The van der Waals surface area contributed by atoms with E-state index in [0.29, 0.717) is 5.69 Å². The van der Waals surface area contributed by atoms with Crippen molar-refractivity contribution in [2.24, 2.45) is 0 Å². The second-order valence-electron chi connectivity index (χ2n) is 5.09. The minimum absolute atomic E-state index is 0.0319. The molecule has 1 fully saturated rings. The van der Waals surface area contributed by atoms with Gasteiger partial charge in [0.15, 0.2) is 11.4 Å². The van der Waals surface area contributed by atoms with E-state index in [1.165, 1.54) is 16.9 Å². The van der Waals surface area contributed by atoms with Gasteiger partial charge in [-0.1, -0.05) is 12.1 Å². The Hall–Kier alpha value is -2.50. The van der Waals surface area contributed by atoms with Gasteiger partial charge < -0.3 is 14.9 Å². The first-order chi connectivity index (χ1) is 10.2. The van der Waals surface area contributed by atoms with Gasteiger partial charge in [0, 0.05) is 0 Å². The van der Waals surface area contributed by atoms with Crippen LogP contribution >= 0.6 is 0 Å². The molecule has 0 amide bonds. The van der Waals surface area contributed by atoms with Gasteiger partial charge in [-0.3, -0.25) is 0 Å². The van der Waals surface area contributed by atoms with Gasteiger partial charge in [-0.2, -0.15) is 5.10 Å². The van der Waals surface area contributed by atoms with Gasteiger partial charge in [0.1, 0.15) is 11.4 Å². The lowest BCUT2D eigenvalue weighted by molar-refractivity contribution is 0.0679. The summed E-state index contributed by atoms with van der Waals surface area (Å²) in [5, 5.41) is 23.4. The van der Waals surface area contributed by atoms with E-state index in [2.05, 4.69) is 5.10 Å². The molecule has 1 aromatic carbocycles. The largest absolute Gasteiger partial charge is 0.506 e. The van der Waals surface area contributed by atoms with E-state index in [0.717, 1.165) is 25.7 Å². The van der Waals surface area contributed by atoms with Gasteiger partial charge in [-0.15, -0.1) is 0 Å². The van der Waals surface area contributed by atoms with Gasteiger partial charge in [-0.05, 0) is 37.8 Å². The number of aromatic hydroxyl groups is 1. The van der Waals surface area contributed by atoms with Crippen LogP contribution in [0.1, 0.15) is 36.2 Å². The number of carbonyl (C=O) groups is 1. The van der Waals surface area contributed by atoms with Crippen LogP contribution in [0.2, 0.25) is 0 Å². The fourth-order valence-corrected chi connectivity index (χ4v) is 2.63. The average molecular weight is 288 g/mol. The first-order valence-electron chi connectivity index (χ1n) is 6.93. The van der Waals surface area contributed by atoms with E-state index in [1.54, 1.807) is 18.2 Å². The average Bonchev–Trinajstić information content (AvgIpc) is 3.09. The molecular formula is C15H16N2O4. The molecule has 1 aliphatic carbocycles. The Morgan fingerprint density at radius 3 is 2.67 bits per heavy atom. The lowest BCUT2D eigenvalue weighted by Crippen LogP contribution is -2.15. The summed E-state index contributed by atoms with van der Waals surface area (Å²) in [5.41, 5.74) is 0.250. The predicted octanol–water partition coefficient (Wildman–Crippen LogP) is 2.60. The molecule has 1 saturated carbocycles. The first-order valence-corrected chi connectivity index (χ1v) is 6.93. The van der Waals surface area contributed by atoms with E-state index in [4.69, 9.17) is 4.74 Å². The van der Waals surface area contributed by atoms with Gasteiger partial charge in [0.05, 0.1) is 12.3 Å². The van der Waals surface area contributed by atoms with Crippen LogP contribution in [0.3, 0.4) is 0 Å². The van der Waals surface area contributed by atoms with Crippen molar-refractivity contribution in [3.63, 3.8) is 0 Å². The van der Waals surface area contributed by atoms with E-state index in [9.17, 15) is 15.0 Å². The molecule has 2 aromatic rings. The number of ether oxygens (including phenoxy) is 1. The molecule has 2 N–H and O–H groups in total. The van der Waals surface area contributed by atoms with E-state index in [-0.39, 0.29) is 23.3 Å². The van der Waals surface area contributed by atoms with Gasteiger partial charge in [-0.25, -0.2) is 9.48 Å². The summed E-state index contributed by atoms with van der Waals surface area (Å²) in [4.78, 5) is 11.5. The number of hydrogen-bond acceptors (Lipinski definition) is 4. The number of aromatic nitrogens is 2. The van der Waals surface area contributed by atoms with Crippen molar-refractivity contribution >= 4 is 5.97 Å². The Labute approximate surface area is 121 Å². The summed E-state index contributed by atoms with van der Waals surface area (Å²) in [7, 11) is 0. The Morgan fingerprint density at radius 1 is 1.29 bits per heavy atom. The third-order valence-electron chi connectivity index (χ3n) is 3.64. The molecular weight excluding hydrogens is 272 g/mol. The predicted molar refractivity (Wildman–Crippen MR) is 75.1 cm³/mol. The van der Waals surface area contributed by atoms with E-state index >= 15 is 0 Å². The fraction of sp³-hybridized carbons (Fsp3) is 0.333. The number of carboxylic acids is 1. The Bertz CT molecular complexity index is 659. The highest BCUT2D eigenvalue weighted by molar-refractivity contribution is 5.89. The van der Waals surface area contributed by atoms with Crippen LogP contribution in [0, 0.1) is 0 Å². The molecule has 21 heavy (non-hydrogen) atoms. The molecule has 1 heterocycles. The zero-order chi connectivity index (χ0) is 14.8. The molecule has 0 spiro atoms. The molecule has 1 aromatic heterocycles. The normalized spacial score (nSPS) is 15.2. The zero-order valence-electron chi connectivity index (χ0n) is 11.4. The molecule has 0 unspecified atom stereocenters. The van der Waals surface area contributed by atoms with Crippen LogP contribution in [0.4, 0.5) is 0 Å². The minimum atomic E-state index is -1.14. The standard InChI is InChI=1S/C15H16N2O4/c18-12-8-4-3-7-11(12)17-14(15(19)20)13(9-16-17)21-10-5-1-2-6-10/h3-4,7-10,18H,1-2,5-6H2,(H,19,20). The van der Waals surface area contributed by atoms with Crippen molar-refractivity contribution in [1.82, 2.24) is 9.78 Å². The van der Waals surface area contributed by atoms with Crippen molar-refractivity contribution in [3.05, 3.63) is 36.2 Å². The highest BCUT2D eigenvalue weighted by atomic mass is 16.5. The molecule has 3 rings (SSSR count). The van der Waals surface area contributed by atoms with Crippen molar-refractivity contribution in [2.45, 2.75) is 31.8 Å². The van der Waals surface area contributed by atoms with Gasteiger partial charge in [0.2, 0.25) is 0 Å². The summed E-state index contributed by atoms with van der Waals surface area (Å²) in [6, 6.07) is 6.47. The molecule has 0 bridgehead atoms. The maximum absolute atomic E-state index is 11.5. The van der Waals surface area contributed by atoms with Crippen molar-refractivity contribution in [2.75, 3.05) is 0 Å². The molecule has 0 radical (unpaired) electrons. The number of hydrogen-bond donors (Lipinski definition) is 2. The van der Waals surface area contributed by atoms with E-state index in [1.807, 2.05) is 0 Å². The maximum Gasteiger partial charge on any atom is 0.358 e. The molecule has 6 nitrogen and oxygen atoms in total. The number of rotatable bonds is 4. The second kappa shape index (κ2) is 5.47. The van der Waals surface area contributed by atoms with Crippen LogP contribution in [0.5, 0.6) is 11.5 Å². The molecule has 110 valence electrons. The van der Waals surface area contributed by atoms with Crippen LogP contribution in [-0.4, -0.2) is 32.1 Å². The Kier molecular flexibility index (Phi) is 3.51. The summed E-state index contributed by atoms with van der Waals surface area (Å²) in [6.07, 6.45) is 5.50. The van der Waals surface area contributed by atoms with Gasteiger partial charge >= 0.3 is 5.97 Å². The zero-order valence-corrected chi connectivity index (χ0v) is 11.4. The number of aromatic carboxylic acids is 1. The third kappa shape index (κ3) is 2.56. The highest BCUT2D eigenvalue weighted by Crippen LogP contribution is 2.30. The number of phenols is 1. The number of para-hydroxylation sites is 2. The summed E-state index contributed by atoms with van der Waals surface area (Å²) in [6.45, 7) is 0. The first kappa shape index (κ1) is 13.5. The minimum Gasteiger partial charge on any atom is -0.506 e. The molecule has 0 aliphatic heterocycles. The molecule has 6 heteroatoms. The number of nitrogens with zero attached hydrogens (tertiary/aromatic N) is 2. The highest BCUT2D eigenvalue weighted by Gasteiger charge is 2.25. The van der Waals surface area contributed by atoms with Crippen LogP contribution < -0.4 is 4.74 Å². The van der Waals surface area contributed by atoms with Crippen molar-refractivity contribution < 1.29 is 19.7 Å². The molecule has 0 atom stereocenters. The Morgan fingerprint density at radius 2 is 2.00 bits per heavy atom. The fourth-order valence-electron chi connectivity index (χ4n) is 2.63. The van der Waals surface area contributed by atoms with Crippen LogP contribution in [0.15, 0.2) is 30.5 Å². The molecule has 1 aliphatic rings. The summed E-state index contributed by atoms with van der Waals surface area (Å²) >= 11 is 0. The van der Waals surface area contributed by atoms with Gasteiger partial charge in [0.25, 0.3) is 0 Å². The third-order valence-corrected chi connectivity index (χ3v) is 3.64. The van der Waals surface area contributed by atoms with Crippen molar-refractivity contribution in [1.29, 1.82) is 0 Å². The number of benzene rings is 1. The Balaban J connectivity index is 2.00.